The molecule has 0 radical (unpaired) electrons. The van der Waals surface area contributed by atoms with Gasteiger partial charge >= 0.3 is 5.97 Å². The Morgan fingerprint density at radius 2 is 2.06 bits per heavy atom. The lowest BCUT2D eigenvalue weighted by Crippen LogP contribution is -2.42. The van der Waals surface area contributed by atoms with Gasteiger partial charge < -0.3 is 20.5 Å². The second-order valence-electron chi connectivity index (χ2n) is 3.66. The number of benzene rings is 1. The average molecular weight is 238 g/mol. The molecule has 0 aliphatic heterocycles. The van der Waals surface area contributed by atoms with Crippen LogP contribution in [0.5, 0.6) is 5.75 Å². The summed E-state index contributed by atoms with van der Waals surface area (Å²) in [5, 5.41) is 14.6. The van der Waals surface area contributed by atoms with Gasteiger partial charge in [-0.1, -0.05) is 12.1 Å². The average Bonchev–Trinajstić information content (AvgIpc) is 2.35. The van der Waals surface area contributed by atoms with Crippen molar-refractivity contribution in [1.82, 2.24) is 10.6 Å². The molecule has 1 aromatic rings. The first-order valence-corrected chi connectivity index (χ1v) is 5.41. The van der Waals surface area contributed by atoms with Crippen LogP contribution in [0.2, 0.25) is 0 Å². The molecule has 5 nitrogen and oxygen atoms in total. The molecule has 0 fully saturated rings. The van der Waals surface area contributed by atoms with Crippen molar-refractivity contribution in [3.8, 4) is 5.75 Å². The second-order valence-corrected chi connectivity index (χ2v) is 3.66. The van der Waals surface area contributed by atoms with Gasteiger partial charge in [0.25, 0.3) is 0 Å². The molecule has 94 valence electrons. The van der Waals surface area contributed by atoms with E-state index in [-0.39, 0.29) is 0 Å². The van der Waals surface area contributed by atoms with Crippen molar-refractivity contribution in [3.05, 3.63) is 29.8 Å². The summed E-state index contributed by atoms with van der Waals surface area (Å²) >= 11 is 0. The van der Waals surface area contributed by atoms with Crippen molar-refractivity contribution in [2.45, 2.75) is 12.6 Å². The fourth-order valence-electron chi connectivity index (χ4n) is 1.42. The summed E-state index contributed by atoms with van der Waals surface area (Å²) in [6.07, 6.45) is 0. The molecule has 1 rings (SSSR count). The number of carbonyl (C=O) groups is 1. The minimum atomic E-state index is -0.852. The Morgan fingerprint density at radius 1 is 1.41 bits per heavy atom. The fourth-order valence-corrected chi connectivity index (χ4v) is 1.42. The Bertz CT molecular complexity index is 351. The Morgan fingerprint density at radius 3 is 2.53 bits per heavy atom. The van der Waals surface area contributed by atoms with Gasteiger partial charge in [-0.3, -0.25) is 4.79 Å². The molecule has 0 spiro atoms. The van der Waals surface area contributed by atoms with Crippen LogP contribution in [0.15, 0.2) is 24.3 Å². The summed E-state index contributed by atoms with van der Waals surface area (Å²) in [5.74, 6) is -0.0397. The van der Waals surface area contributed by atoms with E-state index in [1.807, 2.05) is 24.3 Å². The van der Waals surface area contributed by atoms with Gasteiger partial charge in [0.05, 0.1) is 7.11 Å². The van der Waals surface area contributed by atoms with Crippen LogP contribution in [-0.4, -0.2) is 37.8 Å². The number of ether oxygens (including phenoxy) is 1. The summed E-state index contributed by atoms with van der Waals surface area (Å²) in [5.41, 5.74) is 1.09. The number of carboxylic acids is 1. The van der Waals surface area contributed by atoms with Crippen molar-refractivity contribution in [1.29, 1.82) is 0 Å². The van der Waals surface area contributed by atoms with E-state index in [0.29, 0.717) is 13.1 Å². The molecular formula is C12H18N2O3. The molecule has 0 aromatic heterocycles. The molecule has 0 saturated heterocycles. The molecule has 0 amide bonds. The van der Waals surface area contributed by atoms with E-state index in [1.165, 1.54) is 0 Å². The minimum Gasteiger partial charge on any atom is -0.497 e. The molecule has 1 aromatic carbocycles. The lowest BCUT2D eigenvalue weighted by molar-refractivity contribution is -0.139. The first kappa shape index (κ1) is 13.5. The highest BCUT2D eigenvalue weighted by atomic mass is 16.5. The van der Waals surface area contributed by atoms with Crippen molar-refractivity contribution in [2.75, 3.05) is 20.7 Å². The largest absolute Gasteiger partial charge is 0.497 e. The van der Waals surface area contributed by atoms with Gasteiger partial charge in [-0.05, 0) is 24.7 Å². The smallest absolute Gasteiger partial charge is 0.322 e. The molecular weight excluding hydrogens is 220 g/mol. The van der Waals surface area contributed by atoms with Crippen LogP contribution in [0.1, 0.15) is 5.56 Å². The van der Waals surface area contributed by atoms with E-state index in [1.54, 1.807) is 14.2 Å². The molecule has 0 saturated carbocycles. The molecule has 1 unspecified atom stereocenters. The van der Waals surface area contributed by atoms with Crippen LogP contribution in [0.25, 0.3) is 0 Å². The minimum absolute atomic E-state index is 0.387. The molecule has 0 heterocycles. The highest BCUT2D eigenvalue weighted by Gasteiger charge is 2.13. The van der Waals surface area contributed by atoms with Gasteiger partial charge in [-0.25, -0.2) is 0 Å². The lowest BCUT2D eigenvalue weighted by atomic mass is 10.2. The van der Waals surface area contributed by atoms with E-state index in [9.17, 15) is 4.79 Å². The maximum Gasteiger partial charge on any atom is 0.322 e. The summed E-state index contributed by atoms with van der Waals surface area (Å²) in [6, 6.07) is 7.09. The molecule has 0 aliphatic carbocycles. The summed E-state index contributed by atoms with van der Waals surface area (Å²) < 4.78 is 5.05. The van der Waals surface area contributed by atoms with Gasteiger partial charge in [0.15, 0.2) is 0 Å². The van der Waals surface area contributed by atoms with Gasteiger partial charge in [0.2, 0.25) is 0 Å². The highest BCUT2D eigenvalue weighted by Crippen LogP contribution is 2.10. The number of hydrogen-bond donors (Lipinski definition) is 3. The van der Waals surface area contributed by atoms with Crippen LogP contribution in [0.4, 0.5) is 0 Å². The standard InChI is InChI=1S/C12H18N2O3/c1-13-11(12(15)16)8-14-7-9-3-5-10(17-2)6-4-9/h3-6,11,13-14H,7-8H2,1-2H3,(H,15,16). The topological polar surface area (TPSA) is 70.6 Å². The second kappa shape index (κ2) is 6.88. The third-order valence-corrected chi connectivity index (χ3v) is 2.48. The maximum absolute atomic E-state index is 10.7. The molecule has 5 heteroatoms. The molecule has 1 atom stereocenters. The highest BCUT2D eigenvalue weighted by molar-refractivity contribution is 5.73. The van der Waals surface area contributed by atoms with Crippen LogP contribution in [0.3, 0.4) is 0 Å². The monoisotopic (exact) mass is 238 g/mol. The zero-order valence-electron chi connectivity index (χ0n) is 10.1. The van der Waals surface area contributed by atoms with E-state index >= 15 is 0 Å². The third kappa shape index (κ3) is 4.42. The van der Waals surface area contributed by atoms with Crippen LogP contribution < -0.4 is 15.4 Å². The van der Waals surface area contributed by atoms with Gasteiger partial charge in [-0.15, -0.1) is 0 Å². The quantitative estimate of drug-likeness (QED) is 0.643. The third-order valence-electron chi connectivity index (χ3n) is 2.48. The number of rotatable bonds is 7. The number of aliphatic carboxylic acids is 1. The van der Waals surface area contributed by atoms with Crippen molar-refractivity contribution < 1.29 is 14.6 Å². The molecule has 3 N–H and O–H groups in total. The van der Waals surface area contributed by atoms with Gasteiger partial charge in [0.1, 0.15) is 11.8 Å². The van der Waals surface area contributed by atoms with Crippen molar-refractivity contribution in [3.63, 3.8) is 0 Å². The van der Waals surface area contributed by atoms with Gasteiger partial charge in [0, 0.05) is 13.1 Å². The summed E-state index contributed by atoms with van der Waals surface area (Å²) in [4.78, 5) is 10.7. The Hall–Kier alpha value is -1.59. The van der Waals surface area contributed by atoms with Crippen molar-refractivity contribution >= 4 is 5.97 Å². The summed E-state index contributed by atoms with van der Waals surface area (Å²) in [7, 11) is 3.26. The van der Waals surface area contributed by atoms with E-state index < -0.39 is 12.0 Å². The number of likely N-dealkylation sites (N-methyl/N-ethyl adjacent to an activating group) is 1. The Labute approximate surface area is 101 Å². The zero-order valence-corrected chi connectivity index (χ0v) is 10.1. The number of hydrogen-bond acceptors (Lipinski definition) is 4. The van der Waals surface area contributed by atoms with Crippen LogP contribution in [-0.2, 0) is 11.3 Å². The Balaban J connectivity index is 2.37. The number of carboxylic acid groups (broad SMARTS) is 1. The van der Waals surface area contributed by atoms with E-state index in [0.717, 1.165) is 11.3 Å². The van der Waals surface area contributed by atoms with Crippen LogP contribution >= 0.6 is 0 Å². The first-order chi connectivity index (χ1) is 8.17. The fraction of sp³-hybridized carbons (Fsp3) is 0.417. The molecule has 17 heavy (non-hydrogen) atoms. The normalized spacial score (nSPS) is 12.1. The predicted octanol–water partition coefficient (Wildman–Crippen LogP) is 0.457. The first-order valence-electron chi connectivity index (χ1n) is 5.41. The maximum atomic E-state index is 10.7. The summed E-state index contributed by atoms with van der Waals surface area (Å²) in [6.45, 7) is 1.02. The lowest BCUT2D eigenvalue weighted by Gasteiger charge is -2.12. The number of nitrogens with one attached hydrogen (secondary N) is 2. The van der Waals surface area contributed by atoms with E-state index in [4.69, 9.17) is 9.84 Å². The number of methoxy groups -OCH3 is 1. The van der Waals surface area contributed by atoms with Gasteiger partial charge in [-0.2, -0.15) is 0 Å². The molecule has 0 aliphatic rings. The SMILES string of the molecule is CNC(CNCc1ccc(OC)cc1)C(=O)O. The molecule has 0 bridgehead atoms. The zero-order chi connectivity index (χ0) is 12.7. The Kier molecular flexibility index (Phi) is 5.45. The van der Waals surface area contributed by atoms with Crippen LogP contribution in [0, 0.1) is 0 Å². The van der Waals surface area contributed by atoms with E-state index in [2.05, 4.69) is 10.6 Å². The van der Waals surface area contributed by atoms with Crippen molar-refractivity contribution in [2.24, 2.45) is 0 Å². The predicted molar refractivity (Wildman–Crippen MR) is 65.2 cm³/mol.